The number of sulfonamides is 1. The highest BCUT2D eigenvalue weighted by molar-refractivity contribution is 7.89. The monoisotopic (exact) mass is 360 g/mol. The molecular formula is C13H17ClN4O4S. The SMILES string of the molecule is CN(C1CCNC1)S(=O)(=O)c1ccc2[nH]c(=O)[nH]c(=O)c2c1.Cl. The first-order valence-electron chi connectivity index (χ1n) is 6.85. The van der Waals surface area contributed by atoms with Gasteiger partial charge in [0.2, 0.25) is 10.0 Å². The number of aromatic nitrogens is 2. The summed E-state index contributed by atoms with van der Waals surface area (Å²) in [7, 11) is -2.16. The maximum absolute atomic E-state index is 12.7. The second-order valence-corrected chi connectivity index (χ2v) is 7.28. The largest absolute Gasteiger partial charge is 0.326 e. The fraction of sp³-hybridized carbons (Fsp3) is 0.385. The number of nitrogens with one attached hydrogen (secondary N) is 3. The van der Waals surface area contributed by atoms with Gasteiger partial charge in [-0.1, -0.05) is 0 Å². The summed E-state index contributed by atoms with van der Waals surface area (Å²) in [6.45, 7) is 1.39. The molecule has 0 bridgehead atoms. The Labute approximate surface area is 138 Å². The van der Waals surface area contributed by atoms with E-state index in [2.05, 4.69) is 15.3 Å². The number of aromatic amines is 2. The van der Waals surface area contributed by atoms with Crippen LogP contribution in [0.4, 0.5) is 0 Å². The molecule has 1 aliphatic heterocycles. The molecule has 1 saturated heterocycles. The average molecular weight is 361 g/mol. The maximum atomic E-state index is 12.7. The summed E-state index contributed by atoms with van der Waals surface area (Å²) >= 11 is 0. The number of fused-ring (bicyclic) bond motifs is 1. The van der Waals surface area contributed by atoms with Gasteiger partial charge in [0, 0.05) is 19.6 Å². The number of likely N-dealkylation sites (N-methyl/N-ethyl adjacent to an activating group) is 1. The van der Waals surface area contributed by atoms with Crippen LogP contribution in [0.25, 0.3) is 10.9 Å². The van der Waals surface area contributed by atoms with Gasteiger partial charge in [0.1, 0.15) is 0 Å². The minimum Gasteiger partial charge on any atom is -0.315 e. The first-order valence-corrected chi connectivity index (χ1v) is 8.29. The molecule has 2 heterocycles. The zero-order valence-corrected chi connectivity index (χ0v) is 14.0. The van der Waals surface area contributed by atoms with Crippen molar-refractivity contribution in [3.8, 4) is 0 Å². The van der Waals surface area contributed by atoms with Crippen LogP contribution in [0.5, 0.6) is 0 Å². The van der Waals surface area contributed by atoms with Gasteiger partial charge >= 0.3 is 5.69 Å². The van der Waals surface area contributed by atoms with Crippen molar-refractivity contribution in [1.82, 2.24) is 19.6 Å². The van der Waals surface area contributed by atoms with Gasteiger partial charge in [-0.25, -0.2) is 13.2 Å². The molecule has 1 atom stereocenters. The van der Waals surface area contributed by atoms with Crippen molar-refractivity contribution < 1.29 is 8.42 Å². The second kappa shape index (κ2) is 6.44. The average Bonchev–Trinajstić information content (AvgIpc) is 2.99. The Bertz CT molecular complexity index is 931. The zero-order chi connectivity index (χ0) is 15.9. The molecule has 3 N–H and O–H groups in total. The molecule has 0 saturated carbocycles. The molecule has 0 amide bonds. The highest BCUT2D eigenvalue weighted by Crippen LogP contribution is 2.21. The molecule has 126 valence electrons. The lowest BCUT2D eigenvalue weighted by Gasteiger charge is -2.23. The van der Waals surface area contributed by atoms with Gasteiger partial charge in [-0.05, 0) is 31.2 Å². The van der Waals surface area contributed by atoms with Crippen molar-refractivity contribution in [3.05, 3.63) is 39.0 Å². The van der Waals surface area contributed by atoms with Gasteiger partial charge in [-0.2, -0.15) is 4.31 Å². The number of H-pyrrole nitrogens is 2. The normalized spacial score (nSPS) is 18.3. The molecule has 2 aromatic rings. The fourth-order valence-electron chi connectivity index (χ4n) is 2.62. The van der Waals surface area contributed by atoms with E-state index in [4.69, 9.17) is 0 Å². The van der Waals surface area contributed by atoms with Crippen molar-refractivity contribution in [1.29, 1.82) is 0 Å². The Hall–Kier alpha value is -1.68. The number of nitrogens with zero attached hydrogens (tertiary/aromatic N) is 1. The molecule has 23 heavy (non-hydrogen) atoms. The molecule has 1 aromatic carbocycles. The van der Waals surface area contributed by atoms with Crippen LogP contribution < -0.4 is 16.6 Å². The summed E-state index contributed by atoms with van der Waals surface area (Å²) in [5, 5.41) is 3.26. The fourth-order valence-corrected chi connectivity index (χ4v) is 4.03. The summed E-state index contributed by atoms with van der Waals surface area (Å²) in [5.41, 5.74) is -0.930. The predicted octanol–water partition coefficient (Wildman–Crippen LogP) is -0.379. The molecule has 10 heteroatoms. The predicted molar refractivity (Wildman–Crippen MR) is 88.7 cm³/mol. The Morgan fingerprint density at radius 2 is 1.96 bits per heavy atom. The van der Waals surface area contributed by atoms with Crippen LogP contribution in [0.2, 0.25) is 0 Å². The molecule has 1 unspecified atom stereocenters. The number of hydrogen-bond donors (Lipinski definition) is 3. The van der Waals surface area contributed by atoms with Crippen molar-refractivity contribution >= 4 is 33.3 Å². The van der Waals surface area contributed by atoms with Crippen LogP contribution in [0.3, 0.4) is 0 Å². The van der Waals surface area contributed by atoms with E-state index in [0.717, 1.165) is 13.0 Å². The van der Waals surface area contributed by atoms with Crippen LogP contribution in [-0.2, 0) is 10.0 Å². The standard InChI is InChI=1S/C13H16N4O4S.ClH/c1-17(8-4-5-14-7-8)22(20,21)9-2-3-11-10(6-9)12(18)16-13(19)15-11;/h2-3,6,8,14H,4-5,7H2,1H3,(H2,15,16,18,19);1H. The van der Waals surface area contributed by atoms with Gasteiger partial charge in [0.05, 0.1) is 15.8 Å². The van der Waals surface area contributed by atoms with Gasteiger partial charge < -0.3 is 10.3 Å². The molecule has 1 aliphatic rings. The summed E-state index contributed by atoms with van der Waals surface area (Å²) < 4.78 is 26.6. The van der Waals surface area contributed by atoms with Gasteiger partial charge in [-0.3, -0.25) is 9.78 Å². The molecule has 1 fully saturated rings. The summed E-state index contributed by atoms with van der Waals surface area (Å²) in [5.74, 6) is 0. The Morgan fingerprint density at radius 1 is 1.22 bits per heavy atom. The van der Waals surface area contributed by atoms with Crippen LogP contribution in [0, 0.1) is 0 Å². The van der Waals surface area contributed by atoms with E-state index in [9.17, 15) is 18.0 Å². The van der Waals surface area contributed by atoms with Gasteiger partial charge in [0.15, 0.2) is 0 Å². The number of halogens is 1. The van der Waals surface area contributed by atoms with Crippen molar-refractivity contribution in [2.24, 2.45) is 0 Å². The molecular weight excluding hydrogens is 344 g/mol. The van der Waals surface area contributed by atoms with Gasteiger partial charge in [-0.15, -0.1) is 12.4 Å². The third-order valence-electron chi connectivity index (χ3n) is 3.94. The molecule has 8 nitrogen and oxygen atoms in total. The van der Waals surface area contributed by atoms with Crippen molar-refractivity contribution in [2.75, 3.05) is 20.1 Å². The minimum atomic E-state index is -3.69. The van der Waals surface area contributed by atoms with E-state index >= 15 is 0 Å². The molecule has 0 aliphatic carbocycles. The van der Waals surface area contributed by atoms with Crippen LogP contribution in [0.15, 0.2) is 32.7 Å². The second-order valence-electron chi connectivity index (χ2n) is 5.28. The number of hydrogen-bond acceptors (Lipinski definition) is 5. The minimum absolute atomic E-state index is 0. The Kier molecular flexibility index (Phi) is 4.95. The van der Waals surface area contributed by atoms with E-state index in [1.54, 1.807) is 0 Å². The van der Waals surface area contributed by atoms with Crippen LogP contribution >= 0.6 is 12.4 Å². The van der Waals surface area contributed by atoms with E-state index in [1.807, 2.05) is 0 Å². The molecule has 3 rings (SSSR count). The summed E-state index contributed by atoms with van der Waals surface area (Å²) in [6, 6.07) is 4.01. The maximum Gasteiger partial charge on any atom is 0.326 e. The molecule has 0 spiro atoms. The Balaban J connectivity index is 0.00000192. The quantitative estimate of drug-likeness (QED) is 0.690. The lowest BCUT2D eigenvalue weighted by molar-refractivity contribution is 0.388. The number of benzene rings is 1. The van der Waals surface area contributed by atoms with Gasteiger partial charge in [0.25, 0.3) is 5.56 Å². The Morgan fingerprint density at radius 3 is 2.61 bits per heavy atom. The van der Waals surface area contributed by atoms with Crippen LogP contribution in [-0.4, -0.2) is 48.9 Å². The summed E-state index contributed by atoms with van der Waals surface area (Å²) in [4.78, 5) is 27.6. The summed E-state index contributed by atoms with van der Waals surface area (Å²) in [6.07, 6.45) is 0.747. The third kappa shape index (κ3) is 3.18. The highest BCUT2D eigenvalue weighted by Gasteiger charge is 2.30. The van der Waals surface area contributed by atoms with E-state index < -0.39 is 21.3 Å². The molecule has 0 radical (unpaired) electrons. The van der Waals surface area contributed by atoms with E-state index in [-0.39, 0.29) is 28.7 Å². The van der Waals surface area contributed by atoms with E-state index in [0.29, 0.717) is 12.1 Å². The lowest BCUT2D eigenvalue weighted by Crippen LogP contribution is -2.38. The number of rotatable bonds is 3. The van der Waals surface area contributed by atoms with Crippen molar-refractivity contribution in [3.63, 3.8) is 0 Å². The topological polar surface area (TPSA) is 115 Å². The van der Waals surface area contributed by atoms with Crippen molar-refractivity contribution in [2.45, 2.75) is 17.4 Å². The first-order chi connectivity index (χ1) is 10.4. The van der Waals surface area contributed by atoms with E-state index in [1.165, 1.54) is 29.6 Å². The third-order valence-corrected chi connectivity index (χ3v) is 5.84. The zero-order valence-electron chi connectivity index (χ0n) is 12.3. The lowest BCUT2D eigenvalue weighted by atomic mass is 10.2. The van der Waals surface area contributed by atoms with Crippen LogP contribution in [0.1, 0.15) is 6.42 Å². The smallest absolute Gasteiger partial charge is 0.315 e. The molecule has 1 aromatic heterocycles. The first kappa shape index (κ1) is 17.7. The highest BCUT2D eigenvalue weighted by atomic mass is 35.5.